The van der Waals surface area contributed by atoms with Gasteiger partial charge in [-0.25, -0.2) is 0 Å². The first-order valence-electron chi connectivity index (χ1n) is 18.6. The van der Waals surface area contributed by atoms with Crippen LogP contribution >= 0.6 is 11.8 Å². The van der Waals surface area contributed by atoms with Crippen molar-refractivity contribution in [1.29, 1.82) is 0 Å². The normalized spacial score (nSPS) is 17.5. The Balaban J connectivity index is 1.87. The number of hydrogen-bond acceptors (Lipinski definition) is 15. The number of ether oxygens (including phenoxy) is 4. The van der Waals surface area contributed by atoms with Gasteiger partial charge in [-0.05, 0) is 35.4 Å². The van der Waals surface area contributed by atoms with E-state index in [0.717, 1.165) is 45.0 Å². The highest BCUT2D eigenvalue weighted by Crippen LogP contribution is 2.60. The van der Waals surface area contributed by atoms with Crippen molar-refractivity contribution < 1.29 is 47.8 Å². The van der Waals surface area contributed by atoms with Gasteiger partial charge >= 0.3 is 23.9 Å². The van der Waals surface area contributed by atoms with Crippen molar-refractivity contribution in [3.05, 3.63) is 147 Å². The van der Waals surface area contributed by atoms with E-state index in [0.29, 0.717) is 22.8 Å². The van der Waals surface area contributed by atoms with Gasteiger partial charge in [0.25, 0.3) is 5.69 Å². The van der Waals surface area contributed by atoms with E-state index >= 15 is 4.79 Å². The van der Waals surface area contributed by atoms with Crippen LogP contribution in [0.4, 0.5) is 17.1 Å². The molecule has 60 heavy (non-hydrogen) atoms. The van der Waals surface area contributed by atoms with E-state index in [4.69, 9.17) is 24.1 Å². The zero-order chi connectivity index (χ0) is 43.4. The number of anilines is 1. The van der Waals surface area contributed by atoms with Crippen LogP contribution in [0.5, 0.6) is 0 Å². The zero-order valence-corrected chi connectivity index (χ0v) is 34.2. The van der Waals surface area contributed by atoms with Gasteiger partial charge in [0.05, 0.1) is 21.6 Å². The van der Waals surface area contributed by atoms with Gasteiger partial charge in [-0.2, -0.15) is 10.2 Å². The molecule has 1 aliphatic heterocycles. The second-order valence-corrected chi connectivity index (χ2v) is 14.8. The molecule has 1 aliphatic rings. The van der Waals surface area contributed by atoms with Crippen LogP contribution in [0, 0.1) is 16.0 Å². The van der Waals surface area contributed by atoms with Crippen molar-refractivity contribution >= 4 is 58.6 Å². The van der Waals surface area contributed by atoms with Crippen LogP contribution in [0.1, 0.15) is 38.8 Å². The Morgan fingerprint density at radius 1 is 0.767 bits per heavy atom. The minimum Gasteiger partial charge on any atom is -0.462 e. The molecule has 0 saturated heterocycles. The first kappa shape index (κ1) is 44.2. The largest absolute Gasteiger partial charge is 0.462 e. The van der Waals surface area contributed by atoms with Gasteiger partial charge in [-0.1, -0.05) is 90.6 Å². The summed E-state index contributed by atoms with van der Waals surface area (Å²) >= 11 is 1.07. The molecule has 5 rings (SSSR count). The van der Waals surface area contributed by atoms with Crippen molar-refractivity contribution in [3.63, 3.8) is 0 Å². The summed E-state index contributed by atoms with van der Waals surface area (Å²) in [5.74, 6) is -5.50. The lowest BCUT2D eigenvalue weighted by molar-refractivity contribution is -0.384. The Hall–Kier alpha value is -6.88. The average Bonchev–Trinajstić information content (AvgIpc) is 3.57. The molecular formula is C43H43N5O11S. The molecule has 4 aromatic rings. The highest BCUT2D eigenvalue weighted by molar-refractivity contribution is 8.04. The lowest BCUT2D eigenvalue weighted by atomic mass is 9.76. The van der Waals surface area contributed by atoms with E-state index in [2.05, 4.69) is 10.4 Å². The number of rotatable bonds is 17. The predicted octanol–water partition coefficient (Wildman–Crippen LogP) is 7.24. The Morgan fingerprint density at radius 2 is 1.33 bits per heavy atom. The zero-order valence-electron chi connectivity index (χ0n) is 33.4. The van der Waals surface area contributed by atoms with Crippen LogP contribution in [0.2, 0.25) is 0 Å². The first-order chi connectivity index (χ1) is 28.7. The second-order valence-electron chi connectivity index (χ2n) is 13.6. The number of hydrogen-bond donors (Lipinski definition) is 1. The summed E-state index contributed by atoms with van der Waals surface area (Å²) in [5.41, 5.74) is 1.78. The molecule has 0 aliphatic carbocycles. The fourth-order valence-corrected chi connectivity index (χ4v) is 8.27. The number of carbonyl (C=O) groups excluding carboxylic acids is 5. The molecule has 16 nitrogen and oxygen atoms in total. The highest BCUT2D eigenvalue weighted by Gasteiger charge is 2.63. The molecule has 1 heterocycles. The number of carbonyl (C=O) groups is 5. The molecule has 0 aromatic heterocycles. The maximum atomic E-state index is 15.5. The van der Waals surface area contributed by atoms with Crippen LogP contribution in [-0.2, 0) is 54.2 Å². The summed E-state index contributed by atoms with van der Waals surface area (Å²) in [6.45, 7) is 4.09. The number of nitrogens with one attached hydrogen (secondary N) is 1. The SMILES string of the molecule is CC(=O)OC[C@@H](OC(C)=O)[C@H](OC(C)=O)[C@@H](OC(C)=O)[C@H]1C(N=Nc2ccccc2)=C(N(C)Cc2ccccc2)S[C@]1(C(=O)Nc1ccc([N+](=O)[O-])cc1)c1ccccc1. The van der Waals surface area contributed by atoms with Gasteiger partial charge in [0, 0.05) is 59.1 Å². The number of nitrogens with zero attached hydrogens (tertiary/aromatic N) is 4. The molecule has 0 bridgehead atoms. The number of nitro groups is 1. The number of benzene rings is 4. The van der Waals surface area contributed by atoms with Gasteiger partial charge in [0.2, 0.25) is 5.91 Å². The summed E-state index contributed by atoms with van der Waals surface area (Å²) in [7, 11) is 1.78. The van der Waals surface area contributed by atoms with Gasteiger partial charge in [0.1, 0.15) is 17.1 Å². The number of amides is 1. The van der Waals surface area contributed by atoms with Crippen LogP contribution in [0.3, 0.4) is 0 Å². The Bertz CT molecular complexity index is 2240. The number of azo groups is 1. The van der Waals surface area contributed by atoms with E-state index in [9.17, 15) is 29.3 Å². The molecule has 0 radical (unpaired) electrons. The lowest BCUT2D eigenvalue weighted by Gasteiger charge is -2.41. The molecule has 0 unspecified atom stereocenters. The fraction of sp³-hybridized carbons (Fsp3) is 0.279. The van der Waals surface area contributed by atoms with Crippen LogP contribution < -0.4 is 5.32 Å². The summed E-state index contributed by atoms with van der Waals surface area (Å²) < 4.78 is 21.1. The number of thioether (sulfide) groups is 1. The van der Waals surface area contributed by atoms with E-state index in [1.165, 1.54) is 24.3 Å². The van der Waals surface area contributed by atoms with Crippen molar-refractivity contribution in [2.45, 2.75) is 57.3 Å². The Kier molecular flexibility index (Phi) is 14.9. The van der Waals surface area contributed by atoms with Crippen molar-refractivity contribution in [2.24, 2.45) is 16.1 Å². The predicted molar refractivity (Wildman–Crippen MR) is 220 cm³/mol. The highest BCUT2D eigenvalue weighted by atomic mass is 32.2. The maximum Gasteiger partial charge on any atom is 0.303 e. The summed E-state index contributed by atoms with van der Waals surface area (Å²) in [5, 5.41) is 24.2. The van der Waals surface area contributed by atoms with Crippen LogP contribution in [-0.4, -0.2) is 71.6 Å². The third-order valence-corrected chi connectivity index (χ3v) is 10.8. The third kappa shape index (κ3) is 11.0. The minimum absolute atomic E-state index is 0.113. The summed E-state index contributed by atoms with van der Waals surface area (Å²) in [6.07, 6.45) is -5.01. The van der Waals surface area contributed by atoms with Crippen LogP contribution in [0.25, 0.3) is 0 Å². The molecule has 17 heteroatoms. The van der Waals surface area contributed by atoms with E-state index in [1.54, 1.807) is 67.7 Å². The monoisotopic (exact) mass is 837 g/mol. The quantitative estimate of drug-likeness (QED) is 0.0367. The third-order valence-electron chi connectivity index (χ3n) is 9.12. The lowest BCUT2D eigenvalue weighted by Crippen LogP contribution is -2.56. The molecule has 0 fully saturated rings. The summed E-state index contributed by atoms with van der Waals surface area (Å²) in [4.78, 5) is 79.5. The van der Waals surface area contributed by atoms with E-state index < -0.39 is 70.3 Å². The van der Waals surface area contributed by atoms with Gasteiger partial charge in [-0.15, -0.1) is 0 Å². The van der Waals surface area contributed by atoms with Gasteiger partial charge in [-0.3, -0.25) is 34.1 Å². The van der Waals surface area contributed by atoms with Crippen molar-refractivity contribution in [1.82, 2.24) is 4.90 Å². The van der Waals surface area contributed by atoms with E-state index in [1.807, 2.05) is 35.2 Å². The van der Waals surface area contributed by atoms with Crippen molar-refractivity contribution in [2.75, 3.05) is 19.0 Å². The molecule has 0 spiro atoms. The first-order valence-corrected chi connectivity index (χ1v) is 19.4. The topological polar surface area (TPSA) is 205 Å². The standard InChI is InChI=1S/C43H43N5O11S/c1-27(49)56-26-36(57-28(2)50)39(58-29(3)51)40(59-30(4)52)37-38(46-45-34-19-13-8-14-20-34)41(47(5)25-31-15-9-6-10-16-31)60-43(37,32-17-11-7-12-18-32)42(53)44-33-21-23-35(24-22-33)48(54)55/h6-24,36-37,39-40H,25-26H2,1-5H3,(H,44,53)/t36-,37-,39+,40+,43-/m1/s1. The number of non-ortho nitro benzene ring substituents is 1. The molecule has 5 atom stereocenters. The van der Waals surface area contributed by atoms with Crippen molar-refractivity contribution in [3.8, 4) is 0 Å². The van der Waals surface area contributed by atoms with E-state index in [-0.39, 0.29) is 17.1 Å². The number of esters is 4. The molecule has 4 aromatic carbocycles. The smallest absolute Gasteiger partial charge is 0.303 e. The Labute approximate surface area is 350 Å². The number of nitro benzene ring substituents is 1. The molecule has 1 amide bonds. The van der Waals surface area contributed by atoms with Crippen LogP contribution in [0.15, 0.2) is 136 Å². The fourth-order valence-electron chi connectivity index (χ4n) is 6.70. The summed E-state index contributed by atoms with van der Waals surface area (Å²) in [6, 6.07) is 31.9. The molecule has 312 valence electrons. The molecule has 0 saturated carbocycles. The Morgan fingerprint density at radius 3 is 1.88 bits per heavy atom. The minimum atomic E-state index is -1.89. The molecule has 1 N–H and O–H groups in total. The maximum absolute atomic E-state index is 15.5. The second kappa shape index (κ2) is 20.2. The van der Waals surface area contributed by atoms with Gasteiger partial charge < -0.3 is 29.2 Å². The van der Waals surface area contributed by atoms with Gasteiger partial charge in [0.15, 0.2) is 18.3 Å². The average molecular weight is 838 g/mol. The molecular weight excluding hydrogens is 795 g/mol.